The van der Waals surface area contributed by atoms with Crippen LogP contribution < -0.4 is 4.72 Å². The van der Waals surface area contributed by atoms with Crippen molar-refractivity contribution in [3.63, 3.8) is 0 Å². The Morgan fingerprint density at radius 3 is 2.42 bits per heavy atom. The van der Waals surface area contributed by atoms with E-state index in [1.165, 1.54) is 0 Å². The second-order valence-electron chi connectivity index (χ2n) is 3.82. The molecule has 0 atom stereocenters. The summed E-state index contributed by atoms with van der Waals surface area (Å²) in [7, 11) is -3.49. The van der Waals surface area contributed by atoms with E-state index >= 15 is 0 Å². The number of aryl methyl sites for hydroxylation is 1. The number of rotatable bonds is 6. The van der Waals surface area contributed by atoms with Gasteiger partial charge in [0.1, 0.15) is 0 Å². The largest absolute Gasteiger partial charge is 0.481 e. The fourth-order valence-electron chi connectivity index (χ4n) is 1.35. The van der Waals surface area contributed by atoms with E-state index < -0.39 is 10.0 Å². The van der Waals surface area contributed by atoms with Crippen molar-refractivity contribution < 1.29 is 13.2 Å². The van der Waals surface area contributed by atoms with Crippen LogP contribution in [0.25, 0.3) is 0 Å². The minimum Gasteiger partial charge on any atom is -0.481 e. The molecule has 7 heteroatoms. The van der Waals surface area contributed by atoms with Crippen molar-refractivity contribution in [2.75, 3.05) is 13.2 Å². The van der Waals surface area contributed by atoms with Gasteiger partial charge in [-0.3, -0.25) is 5.41 Å². The van der Waals surface area contributed by atoms with Crippen LogP contribution in [0.3, 0.4) is 0 Å². The van der Waals surface area contributed by atoms with Gasteiger partial charge in [0.25, 0.3) is 0 Å². The molecular weight excluding hydrogens is 288 g/mol. The van der Waals surface area contributed by atoms with Gasteiger partial charge in [-0.1, -0.05) is 17.7 Å². The number of sulfonamides is 1. The highest BCUT2D eigenvalue weighted by Crippen LogP contribution is 2.09. The molecule has 1 aromatic rings. The average Bonchev–Trinajstić information content (AvgIpc) is 2.29. The van der Waals surface area contributed by atoms with E-state index in [0.29, 0.717) is 6.61 Å². The molecule has 5 nitrogen and oxygen atoms in total. The molecule has 0 aromatic heterocycles. The Hall–Kier alpha value is -1.11. The van der Waals surface area contributed by atoms with E-state index in [9.17, 15) is 8.42 Å². The molecule has 2 N–H and O–H groups in total. The first-order valence-corrected chi connectivity index (χ1v) is 7.20. The molecule has 0 amide bonds. The summed E-state index contributed by atoms with van der Waals surface area (Å²) in [6.45, 7) is 4.26. The van der Waals surface area contributed by atoms with Crippen molar-refractivity contribution in [2.45, 2.75) is 25.2 Å². The highest BCUT2D eigenvalue weighted by molar-refractivity contribution is 7.89. The smallest absolute Gasteiger partial charge is 0.240 e. The van der Waals surface area contributed by atoms with Crippen LogP contribution in [0.15, 0.2) is 29.2 Å². The number of nitrogens with one attached hydrogen (secondary N) is 2. The lowest BCUT2D eigenvalue weighted by molar-refractivity contribution is 0.314. The first-order chi connectivity index (χ1) is 8.45. The molecule has 19 heavy (non-hydrogen) atoms. The fraction of sp³-hybridized carbons (Fsp3) is 0.417. The van der Waals surface area contributed by atoms with Crippen molar-refractivity contribution in [3.05, 3.63) is 29.8 Å². The monoisotopic (exact) mass is 306 g/mol. The minimum absolute atomic E-state index is 0. The third-order valence-electron chi connectivity index (χ3n) is 2.29. The summed E-state index contributed by atoms with van der Waals surface area (Å²) in [5.41, 5.74) is 1.01. The Kier molecular flexibility index (Phi) is 7.66. The first kappa shape index (κ1) is 17.9. The molecule has 0 saturated carbocycles. The van der Waals surface area contributed by atoms with Crippen LogP contribution in [0.2, 0.25) is 0 Å². The van der Waals surface area contributed by atoms with E-state index in [4.69, 9.17) is 10.1 Å². The minimum atomic E-state index is -3.49. The normalized spacial score (nSPS) is 10.6. The maximum Gasteiger partial charge on any atom is 0.240 e. The van der Waals surface area contributed by atoms with Gasteiger partial charge in [0.2, 0.25) is 10.0 Å². The Labute approximate surface area is 120 Å². The second-order valence-corrected chi connectivity index (χ2v) is 5.58. The maximum absolute atomic E-state index is 11.9. The van der Waals surface area contributed by atoms with Gasteiger partial charge < -0.3 is 4.74 Å². The molecule has 0 saturated heterocycles. The van der Waals surface area contributed by atoms with Gasteiger partial charge >= 0.3 is 0 Å². The maximum atomic E-state index is 11.9. The molecule has 0 aliphatic rings. The highest BCUT2D eigenvalue weighted by Gasteiger charge is 2.13. The van der Waals surface area contributed by atoms with Gasteiger partial charge in [0.15, 0.2) is 5.90 Å². The zero-order valence-corrected chi connectivity index (χ0v) is 12.6. The van der Waals surface area contributed by atoms with Crippen LogP contribution in [0.4, 0.5) is 0 Å². The van der Waals surface area contributed by atoms with E-state index in [1.807, 2.05) is 6.92 Å². The summed E-state index contributed by atoms with van der Waals surface area (Å²) >= 11 is 0. The molecule has 0 heterocycles. The van der Waals surface area contributed by atoms with Crippen LogP contribution in [0.5, 0.6) is 0 Å². The van der Waals surface area contributed by atoms with Crippen molar-refractivity contribution in [1.82, 2.24) is 4.72 Å². The first-order valence-electron chi connectivity index (χ1n) is 5.72. The quantitative estimate of drug-likeness (QED) is 0.624. The van der Waals surface area contributed by atoms with Crippen molar-refractivity contribution in [3.8, 4) is 0 Å². The number of hydrogen-bond acceptors (Lipinski definition) is 4. The molecule has 0 aliphatic heterocycles. The molecule has 0 aliphatic carbocycles. The second kappa shape index (κ2) is 8.14. The molecule has 1 rings (SSSR count). The van der Waals surface area contributed by atoms with Gasteiger partial charge in [0, 0.05) is 13.0 Å². The average molecular weight is 307 g/mol. The summed E-state index contributed by atoms with van der Waals surface area (Å²) in [6, 6.07) is 6.62. The van der Waals surface area contributed by atoms with E-state index in [1.54, 1.807) is 31.2 Å². The molecule has 0 bridgehead atoms. The number of ether oxygens (including phenoxy) is 1. The summed E-state index contributed by atoms with van der Waals surface area (Å²) in [5, 5.41) is 7.37. The Morgan fingerprint density at radius 2 is 1.89 bits per heavy atom. The predicted octanol–water partition coefficient (Wildman–Crippen LogP) is 2.10. The Bertz CT molecular complexity index is 500. The zero-order valence-electron chi connectivity index (χ0n) is 11.0. The Balaban J connectivity index is 0.00000324. The van der Waals surface area contributed by atoms with E-state index in [2.05, 4.69) is 4.72 Å². The lowest BCUT2D eigenvalue weighted by Gasteiger charge is -2.08. The predicted molar refractivity (Wildman–Crippen MR) is 77.6 cm³/mol. The van der Waals surface area contributed by atoms with Gasteiger partial charge in [0.05, 0.1) is 11.5 Å². The molecule has 0 spiro atoms. The molecule has 108 valence electrons. The summed E-state index contributed by atoms with van der Waals surface area (Å²) < 4.78 is 31.1. The summed E-state index contributed by atoms with van der Waals surface area (Å²) in [5.74, 6) is 0.0871. The zero-order chi connectivity index (χ0) is 13.6. The molecule has 0 unspecified atom stereocenters. The van der Waals surface area contributed by atoms with Crippen LogP contribution in [-0.4, -0.2) is 27.5 Å². The third kappa shape index (κ3) is 6.04. The molecule has 0 fully saturated rings. The van der Waals surface area contributed by atoms with Gasteiger partial charge in [-0.25, -0.2) is 13.1 Å². The molecule has 0 radical (unpaired) electrons. The lowest BCUT2D eigenvalue weighted by atomic mass is 10.2. The number of hydrogen-bond donors (Lipinski definition) is 2. The highest BCUT2D eigenvalue weighted by atomic mass is 35.5. The van der Waals surface area contributed by atoms with Crippen LogP contribution in [0, 0.1) is 12.3 Å². The summed E-state index contributed by atoms with van der Waals surface area (Å²) in [6.07, 6.45) is 0.249. The van der Waals surface area contributed by atoms with Gasteiger partial charge in [-0.15, -0.1) is 12.4 Å². The standard InChI is InChI=1S/C12H18N2O3S.ClH/c1-3-17-12(13)8-9-14-18(15,16)11-6-4-10(2)5-7-11;/h4-7,13-14H,3,8-9H2,1-2H3;1H. The van der Waals surface area contributed by atoms with Crippen molar-refractivity contribution in [1.29, 1.82) is 5.41 Å². The van der Waals surface area contributed by atoms with Crippen LogP contribution >= 0.6 is 12.4 Å². The number of halogens is 1. The SMILES string of the molecule is CCOC(=N)CCNS(=O)(=O)c1ccc(C)cc1.Cl. The van der Waals surface area contributed by atoms with E-state index in [0.717, 1.165) is 5.56 Å². The van der Waals surface area contributed by atoms with Gasteiger partial charge in [-0.05, 0) is 26.0 Å². The van der Waals surface area contributed by atoms with Crippen LogP contribution in [0.1, 0.15) is 18.9 Å². The fourth-order valence-corrected chi connectivity index (χ4v) is 2.38. The molecular formula is C12H19ClN2O3S. The topological polar surface area (TPSA) is 79.2 Å². The Morgan fingerprint density at radius 1 is 1.32 bits per heavy atom. The van der Waals surface area contributed by atoms with Gasteiger partial charge in [-0.2, -0.15) is 0 Å². The van der Waals surface area contributed by atoms with Crippen LogP contribution in [-0.2, 0) is 14.8 Å². The number of benzene rings is 1. The van der Waals surface area contributed by atoms with E-state index in [-0.39, 0.29) is 36.2 Å². The molecule has 1 aromatic carbocycles. The third-order valence-corrected chi connectivity index (χ3v) is 3.77. The van der Waals surface area contributed by atoms with Crippen molar-refractivity contribution in [2.24, 2.45) is 0 Å². The van der Waals surface area contributed by atoms with Crippen molar-refractivity contribution >= 4 is 28.3 Å². The lowest BCUT2D eigenvalue weighted by Crippen LogP contribution is -2.26. The summed E-state index contributed by atoms with van der Waals surface area (Å²) in [4.78, 5) is 0.232.